The van der Waals surface area contributed by atoms with E-state index in [1.54, 1.807) is 18.2 Å². The molecule has 0 saturated carbocycles. The van der Waals surface area contributed by atoms with Gasteiger partial charge in [-0.2, -0.15) is 0 Å². The number of carbonyl (C=O) groups is 2. The van der Waals surface area contributed by atoms with Crippen LogP contribution in [0.2, 0.25) is 0 Å². The molecule has 164 valence electrons. The number of benzene rings is 2. The van der Waals surface area contributed by atoms with Crippen molar-refractivity contribution in [3.8, 4) is 17.2 Å². The van der Waals surface area contributed by atoms with Crippen LogP contribution in [0.25, 0.3) is 0 Å². The average molecular weight is 425 g/mol. The van der Waals surface area contributed by atoms with Crippen LogP contribution in [-0.2, 0) is 4.79 Å². The number of Topliss-reactive ketones (excluding diaryl/α,β-unsaturated/α-hetero) is 1. The predicted octanol–water partition coefficient (Wildman–Crippen LogP) is 2.25. The molecule has 0 spiro atoms. The SMILES string of the molecule is CCOc1ccc(NC(=O)CN2CCN(CC(=O)c3ccc4c(c3)OCO4)CC2)cc1. The van der Waals surface area contributed by atoms with Crippen LogP contribution in [0.3, 0.4) is 0 Å². The first kappa shape index (κ1) is 21.1. The predicted molar refractivity (Wildman–Crippen MR) is 116 cm³/mol. The Kier molecular flexibility index (Phi) is 6.69. The number of hydrogen-bond donors (Lipinski definition) is 1. The molecular formula is C23H27N3O5. The summed E-state index contributed by atoms with van der Waals surface area (Å²) in [4.78, 5) is 29.2. The Labute approximate surface area is 181 Å². The first-order valence-corrected chi connectivity index (χ1v) is 10.5. The summed E-state index contributed by atoms with van der Waals surface area (Å²) in [7, 11) is 0. The molecule has 0 aromatic heterocycles. The molecule has 0 atom stereocenters. The average Bonchev–Trinajstić information content (AvgIpc) is 3.24. The highest BCUT2D eigenvalue weighted by atomic mass is 16.7. The molecule has 1 N–H and O–H groups in total. The van der Waals surface area contributed by atoms with Crippen molar-refractivity contribution in [2.45, 2.75) is 6.92 Å². The van der Waals surface area contributed by atoms with Crippen LogP contribution in [0.5, 0.6) is 17.2 Å². The number of nitrogens with one attached hydrogen (secondary N) is 1. The molecule has 2 aromatic carbocycles. The minimum Gasteiger partial charge on any atom is -0.494 e. The Balaban J connectivity index is 1.20. The van der Waals surface area contributed by atoms with Gasteiger partial charge in [0.25, 0.3) is 0 Å². The van der Waals surface area contributed by atoms with E-state index in [0.29, 0.717) is 36.8 Å². The van der Waals surface area contributed by atoms with Crippen molar-refractivity contribution in [3.63, 3.8) is 0 Å². The maximum atomic E-state index is 12.6. The zero-order valence-corrected chi connectivity index (χ0v) is 17.6. The number of hydrogen-bond acceptors (Lipinski definition) is 7. The first-order chi connectivity index (χ1) is 15.1. The van der Waals surface area contributed by atoms with Crippen molar-refractivity contribution >= 4 is 17.4 Å². The number of nitrogens with zero attached hydrogens (tertiary/aromatic N) is 2. The minimum atomic E-state index is -0.0472. The molecule has 1 amide bonds. The van der Waals surface area contributed by atoms with E-state index in [-0.39, 0.29) is 18.5 Å². The largest absolute Gasteiger partial charge is 0.494 e. The second-order valence-electron chi connectivity index (χ2n) is 7.55. The second-order valence-corrected chi connectivity index (χ2v) is 7.55. The first-order valence-electron chi connectivity index (χ1n) is 10.5. The molecule has 0 radical (unpaired) electrons. The maximum absolute atomic E-state index is 12.6. The third-order valence-corrected chi connectivity index (χ3v) is 5.34. The van der Waals surface area contributed by atoms with E-state index in [1.165, 1.54) is 0 Å². The molecule has 0 bridgehead atoms. The lowest BCUT2D eigenvalue weighted by Crippen LogP contribution is -2.49. The van der Waals surface area contributed by atoms with E-state index in [4.69, 9.17) is 14.2 Å². The van der Waals surface area contributed by atoms with Gasteiger partial charge < -0.3 is 19.5 Å². The lowest BCUT2D eigenvalue weighted by Gasteiger charge is -2.33. The summed E-state index contributed by atoms with van der Waals surface area (Å²) in [5, 5.41) is 2.92. The molecule has 8 nitrogen and oxygen atoms in total. The highest BCUT2D eigenvalue weighted by Gasteiger charge is 2.22. The number of ether oxygens (including phenoxy) is 3. The highest BCUT2D eigenvalue weighted by Crippen LogP contribution is 2.32. The normalized spacial score (nSPS) is 16.2. The number of rotatable bonds is 8. The third kappa shape index (κ3) is 5.53. The van der Waals surface area contributed by atoms with Crippen LogP contribution < -0.4 is 19.5 Å². The summed E-state index contributed by atoms with van der Waals surface area (Å²) in [5.41, 5.74) is 1.38. The lowest BCUT2D eigenvalue weighted by atomic mass is 10.1. The van der Waals surface area contributed by atoms with Crippen LogP contribution in [0.15, 0.2) is 42.5 Å². The van der Waals surface area contributed by atoms with Gasteiger partial charge in [-0.05, 0) is 49.4 Å². The number of anilines is 1. The summed E-state index contributed by atoms with van der Waals surface area (Å²) in [6.07, 6.45) is 0. The van der Waals surface area contributed by atoms with Gasteiger partial charge >= 0.3 is 0 Å². The van der Waals surface area contributed by atoms with Gasteiger partial charge in [0.1, 0.15) is 5.75 Å². The summed E-state index contributed by atoms with van der Waals surface area (Å²) < 4.78 is 16.1. The molecule has 2 aliphatic heterocycles. The topological polar surface area (TPSA) is 80.3 Å². The van der Waals surface area contributed by atoms with Crippen molar-refractivity contribution in [2.75, 3.05) is 58.0 Å². The molecule has 1 saturated heterocycles. The Morgan fingerprint density at radius 3 is 2.32 bits per heavy atom. The zero-order chi connectivity index (χ0) is 21.6. The van der Waals surface area contributed by atoms with Gasteiger partial charge in [-0.25, -0.2) is 0 Å². The minimum absolute atomic E-state index is 0.0472. The Morgan fingerprint density at radius 2 is 1.61 bits per heavy atom. The van der Waals surface area contributed by atoms with E-state index < -0.39 is 0 Å². The van der Waals surface area contributed by atoms with Crippen molar-refractivity contribution in [1.82, 2.24) is 9.80 Å². The van der Waals surface area contributed by atoms with Crippen LogP contribution in [0.4, 0.5) is 5.69 Å². The van der Waals surface area contributed by atoms with Crippen LogP contribution >= 0.6 is 0 Å². The number of carbonyl (C=O) groups excluding carboxylic acids is 2. The molecule has 8 heteroatoms. The monoisotopic (exact) mass is 425 g/mol. The van der Waals surface area contributed by atoms with Crippen LogP contribution in [-0.4, -0.2) is 74.2 Å². The van der Waals surface area contributed by atoms with Gasteiger partial charge in [-0.3, -0.25) is 19.4 Å². The van der Waals surface area contributed by atoms with E-state index in [0.717, 1.165) is 37.6 Å². The summed E-state index contributed by atoms with van der Waals surface area (Å²) in [6.45, 7) is 6.39. The molecule has 2 heterocycles. The molecule has 0 aliphatic carbocycles. The summed E-state index contributed by atoms with van der Waals surface area (Å²) in [5.74, 6) is 2.09. The summed E-state index contributed by atoms with van der Waals surface area (Å²) in [6, 6.07) is 12.6. The van der Waals surface area contributed by atoms with E-state index >= 15 is 0 Å². The highest BCUT2D eigenvalue weighted by molar-refractivity contribution is 5.98. The lowest BCUT2D eigenvalue weighted by molar-refractivity contribution is -0.117. The fraction of sp³-hybridized carbons (Fsp3) is 0.391. The van der Waals surface area contributed by atoms with Crippen molar-refractivity contribution in [2.24, 2.45) is 0 Å². The molecule has 2 aliphatic rings. The van der Waals surface area contributed by atoms with E-state index in [2.05, 4.69) is 15.1 Å². The standard InChI is InChI=1S/C23H27N3O5/c1-2-29-19-6-4-18(5-7-19)24-23(28)15-26-11-9-25(10-12-26)14-20(27)17-3-8-21-22(13-17)31-16-30-21/h3-8,13H,2,9-12,14-16H2,1H3,(H,24,28). The quantitative estimate of drug-likeness (QED) is 0.650. The number of ketones is 1. The number of fused-ring (bicyclic) bond motifs is 1. The molecular weight excluding hydrogens is 398 g/mol. The third-order valence-electron chi connectivity index (χ3n) is 5.34. The molecule has 2 aromatic rings. The second kappa shape index (κ2) is 9.80. The summed E-state index contributed by atoms with van der Waals surface area (Å²) >= 11 is 0. The fourth-order valence-corrected chi connectivity index (χ4v) is 3.67. The van der Waals surface area contributed by atoms with Crippen molar-refractivity contribution in [3.05, 3.63) is 48.0 Å². The maximum Gasteiger partial charge on any atom is 0.238 e. The van der Waals surface area contributed by atoms with Gasteiger partial charge in [0.2, 0.25) is 12.7 Å². The number of amides is 1. The Hall–Kier alpha value is -3.10. The van der Waals surface area contributed by atoms with Crippen molar-refractivity contribution in [1.29, 1.82) is 0 Å². The molecule has 31 heavy (non-hydrogen) atoms. The van der Waals surface area contributed by atoms with Gasteiger partial charge in [-0.15, -0.1) is 0 Å². The Morgan fingerprint density at radius 1 is 0.935 bits per heavy atom. The van der Waals surface area contributed by atoms with Crippen molar-refractivity contribution < 1.29 is 23.8 Å². The van der Waals surface area contributed by atoms with Gasteiger partial charge in [-0.1, -0.05) is 0 Å². The Bertz CT molecular complexity index is 923. The van der Waals surface area contributed by atoms with E-state index in [1.807, 2.05) is 31.2 Å². The molecule has 1 fully saturated rings. The molecule has 0 unspecified atom stereocenters. The van der Waals surface area contributed by atoms with Gasteiger partial charge in [0.05, 0.1) is 19.7 Å². The van der Waals surface area contributed by atoms with Gasteiger partial charge in [0.15, 0.2) is 17.3 Å². The zero-order valence-electron chi connectivity index (χ0n) is 17.6. The molecule has 4 rings (SSSR count). The number of piperazine rings is 1. The van der Waals surface area contributed by atoms with Crippen LogP contribution in [0, 0.1) is 0 Å². The smallest absolute Gasteiger partial charge is 0.238 e. The fourth-order valence-electron chi connectivity index (χ4n) is 3.67. The van der Waals surface area contributed by atoms with Crippen LogP contribution in [0.1, 0.15) is 17.3 Å². The van der Waals surface area contributed by atoms with Gasteiger partial charge in [0, 0.05) is 37.4 Å². The van der Waals surface area contributed by atoms with E-state index in [9.17, 15) is 9.59 Å².